The lowest BCUT2D eigenvalue weighted by Crippen LogP contribution is -2.49. The van der Waals surface area contributed by atoms with Crippen molar-refractivity contribution in [2.45, 2.75) is 6.04 Å². The third kappa shape index (κ3) is 5.57. The third-order valence-corrected chi connectivity index (χ3v) is 4.55. The molecule has 2 amide bonds. The van der Waals surface area contributed by atoms with Gasteiger partial charge in [0.05, 0.1) is 13.2 Å². The average molecular weight is 360 g/mol. The van der Waals surface area contributed by atoms with Gasteiger partial charge in [-0.1, -0.05) is 18.2 Å². The number of hydrogen-bond donors (Lipinski definition) is 2. The highest BCUT2D eigenvalue weighted by Crippen LogP contribution is 2.23. The Kier molecular flexibility index (Phi) is 7.62. The summed E-state index contributed by atoms with van der Waals surface area (Å²) < 4.78 is 5.22. The van der Waals surface area contributed by atoms with Crippen LogP contribution >= 0.6 is 0 Å². The second kappa shape index (κ2) is 9.94. The number of nitrogens with zero attached hydrogens (tertiary/aromatic N) is 2. The number of amides is 2. The number of benzene rings is 1. The molecule has 0 spiro atoms. The zero-order valence-electron chi connectivity index (χ0n) is 15.5. The number of rotatable bonds is 7. The Labute approximate surface area is 155 Å². The van der Waals surface area contributed by atoms with E-state index in [2.05, 4.69) is 34.1 Å². The summed E-state index contributed by atoms with van der Waals surface area (Å²) in [5.41, 5.74) is 1.09. The van der Waals surface area contributed by atoms with E-state index >= 15 is 0 Å². The predicted molar refractivity (Wildman–Crippen MR) is 101 cm³/mol. The van der Waals surface area contributed by atoms with Crippen LogP contribution < -0.4 is 15.4 Å². The highest BCUT2D eigenvalue weighted by Gasteiger charge is 2.25. The summed E-state index contributed by atoms with van der Waals surface area (Å²) in [6, 6.07) is 7.84. The first-order valence-electron chi connectivity index (χ1n) is 8.78. The minimum absolute atomic E-state index is 0.00533. The van der Waals surface area contributed by atoms with Crippen molar-refractivity contribution in [3.05, 3.63) is 42.5 Å². The van der Waals surface area contributed by atoms with Gasteiger partial charge in [-0.05, 0) is 24.7 Å². The fraction of sp³-hybridized carbons (Fsp3) is 0.474. The molecule has 1 aliphatic rings. The molecule has 1 heterocycles. The first-order chi connectivity index (χ1) is 12.5. The van der Waals surface area contributed by atoms with Crippen LogP contribution in [-0.4, -0.2) is 75.0 Å². The van der Waals surface area contributed by atoms with Crippen molar-refractivity contribution in [1.82, 2.24) is 20.4 Å². The first kappa shape index (κ1) is 19.9. The number of hydrogen-bond acceptors (Lipinski definition) is 5. The molecule has 1 fully saturated rings. The highest BCUT2D eigenvalue weighted by molar-refractivity contribution is 6.35. The molecule has 0 radical (unpaired) electrons. The van der Waals surface area contributed by atoms with Crippen LogP contribution in [-0.2, 0) is 9.59 Å². The summed E-state index contributed by atoms with van der Waals surface area (Å²) in [7, 11) is 3.74. The Morgan fingerprint density at radius 1 is 1.15 bits per heavy atom. The Bertz CT molecular complexity index is 610. The lowest BCUT2D eigenvalue weighted by Gasteiger charge is -2.38. The monoisotopic (exact) mass is 360 g/mol. The van der Waals surface area contributed by atoms with E-state index in [-0.39, 0.29) is 12.6 Å². The molecule has 142 valence electrons. The molecule has 0 bridgehead atoms. The van der Waals surface area contributed by atoms with Crippen LogP contribution in [0.25, 0.3) is 0 Å². The van der Waals surface area contributed by atoms with Crippen LogP contribution in [0.3, 0.4) is 0 Å². The van der Waals surface area contributed by atoms with Crippen LogP contribution in [0.4, 0.5) is 0 Å². The number of piperazine rings is 1. The topological polar surface area (TPSA) is 73.9 Å². The van der Waals surface area contributed by atoms with Gasteiger partial charge in [0, 0.05) is 39.3 Å². The Morgan fingerprint density at radius 3 is 2.35 bits per heavy atom. The van der Waals surface area contributed by atoms with Gasteiger partial charge in [-0.15, -0.1) is 6.58 Å². The summed E-state index contributed by atoms with van der Waals surface area (Å²) >= 11 is 0. The van der Waals surface area contributed by atoms with Crippen LogP contribution in [0.15, 0.2) is 36.9 Å². The lowest BCUT2D eigenvalue weighted by molar-refractivity contribution is -0.139. The van der Waals surface area contributed by atoms with Gasteiger partial charge in [0.15, 0.2) is 0 Å². The quantitative estimate of drug-likeness (QED) is 0.544. The molecule has 1 saturated heterocycles. The highest BCUT2D eigenvalue weighted by atomic mass is 16.5. The normalized spacial score (nSPS) is 16.5. The van der Waals surface area contributed by atoms with Crippen LogP contribution in [0.5, 0.6) is 5.75 Å². The molecule has 0 aliphatic carbocycles. The van der Waals surface area contributed by atoms with Crippen LogP contribution in [0.1, 0.15) is 11.6 Å². The molecule has 7 nitrogen and oxygen atoms in total. The summed E-state index contributed by atoms with van der Waals surface area (Å²) in [5, 5.41) is 5.25. The van der Waals surface area contributed by atoms with Crippen molar-refractivity contribution in [2.24, 2.45) is 0 Å². The number of carbonyl (C=O) groups excluding carboxylic acids is 2. The molecule has 0 saturated carbocycles. The van der Waals surface area contributed by atoms with Gasteiger partial charge in [-0.2, -0.15) is 0 Å². The largest absolute Gasteiger partial charge is 0.497 e. The molecule has 0 aromatic heterocycles. The Hall–Kier alpha value is -2.38. The Morgan fingerprint density at radius 2 is 1.77 bits per heavy atom. The number of ether oxygens (including phenoxy) is 1. The fourth-order valence-electron chi connectivity index (χ4n) is 2.93. The van der Waals surface area contributed by atoms with Crippen molar-refractivity contribution in [3.63, 3.8) is 0 Å². The van der Waals surface area contributed by atoms with Crippen molar-refractivity contribution in [3.8, 4) is 5.75 Å². The number of likely N-dealkylation sites (N-methyl/N-ethyl adjacent to an activating group) is 1. The maximum absolute atomic E-state index is 12.0. The first-order valence-corrected chi connectivity index (χ1v) is 8.78. The van der Waals surface area contributed by atoms with E-state index in [1.54, 1.807) is 7.11 Å². The van der Waals surface area contributed by atoms with Crippen molar-refractivity contribution in [1.29, 1.82) is 0 Å². The number of carbonyl (C=O) groups is 2. The molecule has 1 aromatic rings. The van der Waals surface area contributed by atoms with E-state index in [1.165, 1.54) is 6.08 Å². The second-order valence-corrected chi connectivity index (χ2v) is 6.34. The van der Waals surface area contributed by atoms with Gasteiger partial charge < -0.3 is 20.3 Å². The summed E-state index contributed by atoms with van der Waals surface area (Å²) in [6.07, 6.45) is 1.54. The molecular weight excluding hydrogens is 332 g/mol. The molecule has 2 rings (SSSR count). The van der Waals surface area contributed by atoms with Gasteiger partial charge in [0.1, 0.15) is 5.75 Å². The molecule has 1 aromatic carbocycles. The fourth-order valence-corrected chi connectivity index (χ4v) is 2.93. The van der Waals surface area contributed by atoms with E-state index in [1.807, 2.05) is 24.3 Å². The van der Waals surface area contributed by atoms with E-state index in [9.17, 15) is 9.59 Å². The van der Waals surface area contributed by atoms with E-state index in [0.717, 1.165) is 37.5 Å². The summed E-state index contributed by atoms with van der Waals surface area (Å²) in [6.45, 7) is 7.92. The number of methoxy groups -OCH3 is 1. The van der Waals surface area contributed by atoms with Crippen LogP contribution in [0.2, 0.25) is 0 Å². The smallest absolute Gasteiger partial charge is 0.309 e. The van der Waals surface area contributed by atoms with Gasteiger partial charge in [0.25, 0.3) is 0 Å². The molecule has 0 unspecified atom stereocenters. The van der Waals surface area contributed by atoms with Crippen molar-refractivity contribution < 1.29 is 14.3 Å². The standard InChI is InChI=1S/C19H28N4O3/c1-4-9-20-18(24)19(25)21-14-17(23-12-10-22(2)11-13-23)15-5-7-16(26-3)8-6-15/h4-8,17H,1,9-14H2,2-3H3,(H,20,24)(H,21,25)/t17-/m0/s1. The van der Waals surface area contributed by atoms with Gasteiger partial charge in [0.2, 0.25) is 0 Å². The third-order valence-electron chi connectivity index (χ3n) is 4.55. The van der Waals surface area contributed by atoms with Gasteiger partial charge >= 0.3 is 11.8 Å². The molecule has 7 heteroatoms. The summed E-state index contributed by atoms with van der Waals surface area (Å²) in [5.74, 6) is -0.477. The van der Waals surface area contributed by atoms with Crippen LogP contribution in [0, 0.1) is 0 Å². The SMILES string of the molecule is C=CCNC(=O)C(=O)NC[C@@H](c1ccc(OC)cc1)N1CCN(C)CC1. The maximum Gasteiger partial charge on any atom is 0.309 e. The zero-order chi connectivity index (χ0) is 18.9. The molecular formula is C19H28N4O3. The average Bonchev–Trinajstić information content (AvgIpc) is 2.67. The van der Waals surface area contributed by atoms with Crippen molar-refractivity contribution >= 4 is 11.8 Å². The van der Waals surface area contributed by atoms with E-state index < -0.39 is 11.8 Å². The van der Waals surface area contributed by atoms with E-state index in [0.29, 0.717) is 6.54 Å². The van der Waals surface area contributed by atoms with E-state index in [4.69, 9.17) is 4.74 Å². The molecule has 1 aliphatic heterocycles. The minimum atomic E-state index is -0.642. The predicted octanol–water partition coefficient (Wildman–Crippen LogP) is 0.402. The maximum atomic E-state index is 12.0. The summed E-state index contributed by atoms with van der Waals surface area (Å²) in [4.78, 5) is 28.4. The number of nitrogens with one attached hydrogen (secondary N) is 2. The van der Waals surface area contributed by atoms with Crippen molar-refractivity contribution in [2.75, 3.05) is 53.4 Å². The molecule has 26 heavy (non-hydrogen) atoms. The lowest BCUT2D eigenvalue weighted by atomic mass is 10.0. The van der Waals surface area contributed by atoms with Gasteiger partial charge in [-0.3, -0.25) is 14.5 Å². The zero-order valence-corrected chi connectivity index (χ0v) is 15.5. The minimum Gasteiger partial charge on any atom is -0.497 e. The molecule has 2 N–H and O–H groups in total. The second-order valence-electron chi connectivity index (χ2n) is 6.34. The Balaban J connectivity index is 2.06. The van der Waals surface area contributed by atoms with Gasteiger partial charge in [-0.25, -0.2) is 0 Å². The molecule has 1 atom stereocenters.